The lowest BCUT2D eigenvalue weighted by molar-refractivity contribution is -0.277. The Kier molecular flexibility index (Phi) is 10.1. The van der Waals surface area contributed by atoms with Crippen LogP contribution in [0.4, 0.5) is 11.4 Å². The van der Waals surface area contributed by atoms with Gasteiger partial charge in [0.2, 0.25) is 12.2 Å². The number of phenolic OH excluding ortho intramolecular Hbond substituents is 1. The first-order chi connectivity index (χ1) is 24.9. The molecule has 17 nitrogen and oxygen atoms in total. The molecule has 3 aliphatic carbocycles. The first-order valence-electron chi connectivity index (χ1n) is 17.1. The minimum Gasteiger partial charge on any atom is -0.505 e. The van der Waals surface area contributed by atoms with Crippen molar-refractivity contribution >= 4 is 40.4 Å². The summed E-state index contributed by atoms with van der Waals surface area (Å²) < 4.78 is 11.3. The summed E-state index contributed by atoms with van der Waals surface area (Å²) in [6, 6.07) is 6.95. The maximum Gasteiger partial charge on any atom is 0.235 e. The lowest BCUT2D eigenvalue weighted by Crippen LogP contribution is -2.74. The number of benzene rings is 2. The number of carbonyl (C=O) groups is 5. The number of ether oxygens (including phenoxy) is 2. The molecule has 286 valence electrons. The first-order valence-corrected chi connectivity index (χ1v) is 17.1. The number of likely N-dealkylation sites (N-methyl/N-ethyl adjacent to an activating group) is 1. The van der Waals surface area contributed by atoms with Gasteiger partial charge in [-0.25, -0.2) is 0 Å². The van der Waals surface area contributed by atoms with Crippen molar-refractivity contribution in [1.82, 2.24) is 4.90 Å². The van der Waals surface area contributed by atoms with E-state index in [0.29, 0.717) is 16.8 Å². The number of aromatic hydroxyl groups is 1. The van der Waals surface area contributed by atoms with Crippen LogP contribution in [0.1, 0.15) is 27.9 Å². The number of para-hydroxylation sites is 1. The van der Waals surface area contributed by atoms with Crippen LogP contribution in [0.5, 0.6) is 11.5 Å². The largest absolute Gasteiger partial charge is 0.505 e. The number of carbonyl (C=O) groups excluding carboxylic acids is 5. The normalized spacial score (nSPS) is 33.9. The molecule has 2 saturated carbocycles. The molecular weight excluding hydrogens is 696 g/mol. The summed E-state index contributed by atoms with van der Waals surface area (Å²) >= 11 is 0. The fourth-order valence-corrected chi connectivity index (χ4v) is 8.43. The zero-order valence-corrected chi connectivity index (χ0v) is 29.5. The number of rotatable bonds is 9. The zero-order valence-electron chi connectivity index (χ0n) is 29.5. The van der Waals surface area contributed by atoms with Crippen molar-refractivity contribution in [1.29, 1.82) is 0 Å². The summed E-state index contributed by atoms with van der Waals surface area (Å²) in [5.41, 5.74) is 3.89. The SMILES string of the molecule is CN(C)c1cc(NCc2ccccc2O[C@@H]2O[C@H](CO)[C@@H](O)[C@@H](O)[C@H]2O)c(O)c2c1C[C@H]1C[C@H]3[C@H](N(C)C)C(=O)C(C(N)=O)C(=O)[C@@]3(O)C(=O)C1C2=O. The van der Waals surface area contributed by atoms with Crippen LogP contribution >= 0.6 is 0 Å². The Hall–Kier alpha value is -4.49. The molecule has 1 saturated heterocycles. The molecule has 9 N–H and O–H groups in total. The fourth-order valence-electron chi connectivity index (χ4n) is 8.43. The van der Waals surface area contributed by atoms with Crippen molar-refractivity contribution in [3.8, 4) is 11.5 Å². The molecule has 11 atom stereocenters. The highest BCUT2D eigenvalue weighted by Crippen LogP contribution is 2.53. The first kappa shape index (κ1) is 38.2. The van der Waals surface area contributed by atoms with Crippen molar-refractivity contribution in [2.24, 2.45) is 29.4 Å². The van der Waals surface area contributed by atoms with Crippen LogP contribution in [-0.2, 0) is 36.9 Å². The maximum atomic E-state index is 14.4. The van der Waals surface area contributed by atoms with Gasteiger partial charge in [-0.15, -0.1) is 0 Å². The molecule has 2 aromatic carbocycles. The molecule has 1 aliphatic heterocycles. The predicted molar refractivity (Wildman–Crippen MR) is 184 cm³/mol. The number of aliphatic hydroxyl groups excluding tert-OH is 4. The number of nitrogens with two attached hydrogens (primary N) is 1. The highest BCUT2D eigenvalue weighted by Gasteiger charge is 2.69. The molecule has 0 spiro atoms. The van der Waals surface area contributed by atoms with Gasteiger partial charge in [0, 0.05) is 37.8 Å². The number of ketones is 4. The summed E-state index contributed by atoms with van der Waals surface area (Å²) in [7, 11) is 6.49. The molecule has 0 aromatic heterocycles. The van der Waals surface area contributed by atoms with E-state index >= 15 is 0 Å². The van der Waals surface area contributed by atoms with Gasteiger partial charge in [0.1, 0.15) is 35.9 Å². The summed E-state index contributed by atoms with van der Waals surface area (Å²) in [4.78, 5) is 71.0. The second-order valence-corrected chi connectivity index (χ2v) is 14.6. The number of Topliss-reactive ketones (excluding diaryl/α,β-unsaturated/α-hetero) is 4. The van der Waals surface area contributed by atoms with E-state index in [1.54, 1.807) is 49.3 Å². The summed E-state index contributed by atoms with van der Waals surface area (Å²) in [5, 5.41) is 67.0. The topological polar surface area (TPSA) is 270 Å². The number of nitrogens with zero attached hydrogens (tertiary/aromatic N) is 2. The summed E-state index contributed by atoms with van der Waals surface area (Å²) in [6.07, 6.45) is -7.55. The van der Waals surface area contributed by atoms with E-state index in [0.717, 1.165) is 0 Å². The number of aliphatic hydroxyl groups is 5. The van der Waals surface area contributed by atoms with Gasteiger partial charge >= 0.3 is 0 Å². The van der Waals surface area contributed by atoms with E-state index in [1.807, 2.05) is 0 Å². The van der Waals surface area contributed by atoms with Crippen molar-refractivity contribution < 1.29 is 64.1 Å². The molecule has 2 unspecified atom stereocenters. The monoisotopic (exact) mass is 740 g/mol. The van der Waals surface area contributed by atoms with Crippen LogP contribution in [0.2, 0.25) is 0 Å². The number of hydrogen-bond donors (Lipinski definition) is 8. The Morgan fingerprint density at radius 2 is 1.72 bits per heavy atom. The lowest BCUT2D eigenvalue weighted by atomic mass is 9.52. The highest BCUT2D eigenvalue weighted by molar-refractivity contribution is 6.32. The Morgan fingerprint density at radius 3 is 2.34 bits per heavy atom. The Bertz CT molecular complexity index is 1850. The van der Waals surface area contributed by atoms with E-state index in [-0.39, 0.29) is 36.4 Å². The number of primary amides is 1. The van der Waals surface area contributed by atoms with E-state index < -0.39 is 107 Å². The molecule has 0 radical (unpaired) electrons. The summed E-state index contributed by atoms with van der Waals surface area (Å²) in [6.45, 7) is -0.678. The predicted octanol–water partition coefficient (Wildman–Crippen LogP) is -2.28. The number of nitrogens with one attached hydrogen (secondary N) is 1. The standard InChI is InChI=1S/C36H44N4O13/c1-39(2)19-11-18(38-12-14-7-5-6-8-20(14)52-35-31(47)30(46)27(43)21(13-41)53-35)26(42)23-16(19)9-15-10-17-25(40(3)4)29(45)24(34(37)50)33(49)36(17,51)32(48)22(15)28(23)44/h5-8,11,15,17,21-22,24-25,27,30-31,35,38,41-43,46-47,51H,9-10,12-13H2,1-4H3,(H2,37,50)/t15-,17-,21+,22?,24?,25-,27+,30+,31+,35+,36-/m0/s1. The van der Waals surface area contributed by atoms with Crippen molar-refractivity contribution in [2.45, 2.75) is 61.7 Å². The van der Waals surface area contributed by atoms with E-state index in [9.17, 15) is 54.6 Å². The number of anilines is 2. The van der Waals surface area contributed by atoms with Crippen LogP contribution in [0.3, 0.4) is 0 Å². The Balaban J connectivity index is 1.33. The minimum absolute atomic E-state index is 0.0314. The Morgan fingerprint density at radius 1 is 1.04 bits per heavy atom. The summed E-state index contributed by atoms with van der Waals surface area (Å²) in [5.74, 6) is -11.4. The van der Waals surface area contributed by atoms with Gasteiger partial charge in [-0.3, -0.25) is 28.9 Å². The second kappa shape index (κ2) is 14.1. The van der Waals surface area contributed by atoms with Gasteiger partial charge in [-0.2, -0.15) is 0 Å². The van der Waals surface area contributed by atoms with Gasteiger partial charge in [0.05, 0.1) is 29.8 Å². The van der Waals surface area contributed by atoms with Gasteiger partial charge in [-0.05, 0) is 50.6 Å². The molecular formula is C36H44N4O13. The third kappa shape index (κ3) is 6.05. The fraction of sp³-hybridized carbons (Fsp3) is 0.528. The van der Waals surface area contributed by atoms with Crippen LogP contribution in [0.15, 0.2) is 30.3 Å². The molecule has 2 aromatic rings. The smallest absolute Gasteiger partial charge is 0.235 e. The average Bonchev–Trinajstić information content (AvgIpc) is 3.09. The van der Waals surface area contributed by atoms with Crippen LogP contribution in [-0.4, -0.2) is 142 Å². The molecule has 17 heteroatoms. The second-order valence-electron chi connectivity index (χ2n) is 14.6. The molecule has 6 rings (SSSR count). The third-order valence-corrected chi connectivity index (χ3v) is 11.1. The number of amides is 1. The van der Waals surface area contributed by atoms with Gasteiger partial charge in [0.25, 0.3) is 0 Å². The molecule has 3 fully saturated rings. The van der Waals surface area contributed by atoms with Crippen molar-refractivity contribution in [2.75, 3.05) is 45.0 Å². The van der Waals surface area contributed by atoms with E-state index in [4.69, 9.17) is 15.2 Å². The molecule has 1 heterocycles. The van der Waals surface area contributed by atoms with Gasteiger partial charge in [0.15, 0.2) is 34.7 Å². The number of fused-ring (bicyclic) bond motifs is 3. The quantitative estimate of drug-likeness (QED) is 0.0994. The van der Waals surface area contributed by atoms with Crippen molar-refractivity contribution in [3.05, 3.63) is 47.0 Å². The average molecular weight is 741 g/mol. The molecule has 53 heavy (non-hydrogen) atoms. The van der Waals surface area contributed by atoms with Gasteiger partial charge in [-0.1, -0.05) is 18.2 Å². The van der Waals surface area contributed by atoms with Crippen LogP contribution in [0.25, 0.3) is 0 Å². The van der Waals surface area contributed by atoms with E-state index in [1.165, 1.54) is 19.0 Å². The highest BCUT2D eigenvalue weighted by atomic mass is 16.7. The lowest BCUT2D eigenvalue weighted by Gasteiger charge is -2.52. The third-order valence-electron chi connectivity index (χ3n) is 11.1. The van der Waals surface area contributed by atoms with Crippen molar-refractivity contribution in [3.63, 3.8) is 0 Å². The molecule has 0 bridgehead atoms. The number of phenols is 1. The molecule has 4 aliphatic rings. The maximum absolute atomic E-state index is 14.4. The number of hydrogen-bond acceptors (Lipinski definition) is 16. The zero-order chi connectivity index (χ0) is 38.8. The van der Waals surface area contributed by atoms with Gasteiger partial charge < -0.3 is 56.1 Å². The van der Waals surface area contributed by atoms with Crippen LogP contribution in [0, 0.1) is 23.7 Å². The molecule has 1 amide bonds. The van der Waals surface area contributed by atoms with Crippen LogP contribution < -0.4 is 20.7 Å². The Labute approximate surface area is 303 Å². The minimum atomic E-state index is -2.85. The van der Waals surface area contributed by atoms with E-state index in [2.05, 4.69) is 5.32 Å².